The minimum Gasteiger partial charge on any atom is -0.343 e. The Morgan fingerprint density at radius 1 is 1.00 bits per heavy atom. The Morgan fingerprint density at radius 3 is 2.58 bits per heavy atom. The van der Waals surface area contributed by atoms with Gasteiger partial charge in [0.05, 0.1) is 6.54 Å². The van der Waals surface area contributed by atoms with E-state index in [1.807, 2.05) is 0 Å². The highest BCUT2D eigenvalue weighted by atomic mass is 15.0. The van der Waals surface area contributed by atoms with Gasteiger partial charge in [0.1, 0.15) is 5.84 Å². The van der Waals surface area contributed by atoms with E-state index in [0.717, 1.165) is 38.9 Å². The fourth-order valence-corrected chi connectivity index (χ4v) is 4.03. The van der Waals surface area contributed by atoms with Crippen molar-refractivity contribution in [2.75, 3.05) is 18.4 Å². The maximum absolute atomic E-state index is 5.05. The van der Waals surface area contributed by atoms with E-state index in [1.165, 1.54) is 28.2 Å². The van der Waals surface area contributed by atoms with Crippen molar-refractivity contribution in [3.63, 3.8) is 0 Å². The molecule has 2 heterocycles. The summed E-state index contributed by atoms with van der Waals surface area (Å²) in [6.45, 7) is 5.08. The lowest BCUT2D eigenvalue weighted by Gasteiger charge is -2.43. The lowest BCUT2D eigenvalue weighted by Crippen LogP contribution is -2.48. The molecule has 0 aromatic heterocycles. The molecule has 3 nitrogen and oxygen atoms in total. The summed E-state index contributed by atoms with van der Waals surface area (Å²) in [7, 11) is 0. The number of hydrogen-bond acceptors (Lipinski definition) is 2. The molecule has 1 fully saturated rings. The number of nitrogens with one attached hydrogen (secondary N) is 2. The van der Waals surface area contributed by atoms with Gasteiger partial charge in [-0.2, -0.15) is 0 Å². The van der Waals surface area contributed by atoms with E-state index in [9.17, 15) is 0 Å². The molecular weight excluding hydrogens is 294 g/mol. The van der Waals surface area contributed by atoms with Crippen molar-refractivity contribution in [3.8, 4) is 0 Å². The number of aliphatic imine (C=N–C) groups is 1. The van der Waals surface area contributed by atoms with Gasteiger partial charge in [-0.15, -0.1) is 0 Å². The molecule has 24 heavy (non-hydrogen) atoms. The number of amidine groups is 1. The van der Waals surface area contributed by atoms with Crippen LogP contribution in [0.2, 0.25) is 0 Å². The molecule has 2 aromatic rings. The molecule has 2 aliphatic rings. The van der Waals surface area contributed by atoms with Crippen molar-refractivity contribution in [3.05, 3.63) is 65.2 Å². The predicted octanol–water partition coefficient (Wildman–Crippen LogP) is 3.93. The van der Waals surface area contributed by atoms with E-state index >= 15 is 0 Å². The summed E-state index contributed by atoms with van der Waals surface area (Å²) < 4.78 is 0. The van der Waals surface area contributed by atoms with Crippen LogP contribution in [0.15, 0.2) is 53.5 Å². The summed E-state index contributed by atoms with van der Waals surface area (Å²) in [6, 6.07) is 17.2. The third-order valence-corrected chi connectivity index (χ3v) is 5.46. The van der Waals surface area contributed by atoms with Crippen LogP contribution in [0.25, 0.3) is 0 Å². The lowest BCUT2D eigenvalue weighted by atomic mass is 9.70. The summed E-state index contributed by atoms with van der Waals surface area (Å²) >= 11 is 0. The molecule has 0 unspecified atom stereocenters. The first-order valence-corrected chi connectivity index (χ1v) is 8.92. The fraction of sp³-hybridized carbons (Fsp3) is 0.381. The van der Waals surface area contributed by atoms with Gasteiger partial charge in [-0.1, -0.05) is 48.5 Å². The second kappa shape index (κ2) is 6.40. The van der Waals surface area contributed by atoms with E-state index in [1.54, 1.807) is 0 Å². The zero-order chi connectivity index (χ0) is 16.4. The van der Waals surface area contributed by atoms with Crippen LogP contribution in [0.4, 0.5) is 5.69 Å². The molecule has 0 aliphatic carbocycles. The topological polar surface area (TPSA) is 36.4 Å². The quantitative estimate of drug-likeness (QED) is 0.880. The highest BCUT2D eigenvalue weighted by Crippen LogP contribution is 2.41. The number of hydrogen-bond donors (Lipinski definition) is 2. The van der Waals surface area contributed by atoms with Gasteiger partial charge in [-0.3, -0.25) is 4.99 Å². The van der Waals surface area contributed by atoms with E-state index in [-0.39, 0.29) is 5.41 Å². The van der Waals surface area contributed by atoms with E-state index in [2.05, 4.69) is 66.1 Å². The number of piperidine rings is 1. The Hall–Kier alpha value is -2.13. The van der Waals surface area contributed by atoms with Crippen molar-refractivity contribution in [2.45, 2.75) is 32.7 Å². The molecule has 2 aliphatic heterocycles. The summed E-state index contributed by atoms with van der Waals surface area (Å²) in [5, 5.41) is 7.22. The number of benzene rings is 2. The third kappa shape index (κ3) is 2.84. The molecular formula is C21H25N3. The molecule has 2 aromatic carbocycles. The lowest BCUT2D eigenvalue weighted by molar-refractivity contribution is 0.293. The zero-order valence-corrected chi connectivity index (χ0v) is 14.3. The standard InChI is InChI=1S/C21H25N3/c1-16-6-5-9-18-14-21(10-12-22-13-11-21)20(24-19(16)18)23-15-17-7-3-2-4-8-17/h2-9,22H,10-15H2,1H3,(H,23,24). The number of para-hydroxylation sites is 1. The highest BCUT2D eigenvalue weighted by Gasteiger charge is 2.41. The molecule has 4 rings (SSSR count). The Bertz CT molecular complexity index is 743. The van der Waals surface area contributed by atoms with Gasteiger partial charge in [0.15, 0.2) is 0 Å². The second-order valence-corrected chi connectivity index (χ2v) is 7.09. The average molecular weight is 319 g/mol. The minimum absolute atomic E-state index is 0.167. The number of anilines is 1. The predicted molar refractivity (Wildman–Crippen MR) is 101 cm³/mol. The normalized spacial score (nSPS) is 20.6. The van der Waals surface area contributed by atoms with Gasteiger partial charge in [-0.25, -0.2) is 0 Å². The zero-order valence-electron chi connectivity index (χ0n) is 14.3. The monoisotopic (exact) mass is 319 g/mol. The molecule has 0 amide bonds. The minimum atomic E-state index is 0.167. The summed E-state index contributed by atoms with van der Waals surface area (Å²) in [5.74, 6) is 1.19. The SMILES string of the molecule is Cc1cccc2c1NC(=NCc1ccccc1)C1(CCNCC1)C2. The van der Waals surface area contributed by atoms with Gasteiger partial charge >= 0.3 is 0 Å². The smallest absolute Gasteiger partial charge is 0.108 e. The van der Waals surface area contributed by atoms with Crippen LogP contribution in [-0.4, -0.2) is 18.9 Å². The maximum atomic E-state index is 5.05. The van der Waals surface area contributed by atoms with Crippen molar-refractivity contribution < 1.29 is 0 Å². The first-order chi connectivity index (χ1) is 11.8. The van der Waals surface area contributed by atoms with Crippen molar-refractivity contribution in [2.24, 2.45) is 10.4 Å². The molecule has 1 saturated heterocycles. The molecule has 124 valence electrons. The summed E-state index contributed by atoms with van der Waals surface area (Å²) in [4.78, 5) is 5.05. The van der Waals surface area contributed by atoms with Crippen molar-refractivity contribution in [1.29, 1.82) is 0 Å². The Kier molecular flexibility index (Phi) is 4.11. The van der Waals surface area contributed by atoms with Gasteiger partial charge in [0, 0.05) is 11.1 Å². The van der Waals surface area contributed by atoms with Crippen molar-refractivity contribution in [1.82, 2.24) is 5.32 Å². The summed E-state index contributed by atoms with van der Waals surface area (Å²) in [5.41, 5.74) is 5.46. The number of fused-ring (bicyclic) bond motifs is 1. The van der Waals surface area contributed by atoms with Crippen LogP contribution in [0.5, 0.6) is 0 Å². The van der Waals surface area contributed by atoms with Crippen LogP contribution in [0.3, 0.4) is 0 Å². The van der Waals surface area contributed by atoms with Crippen LogP contribution < -0.4 is 10.6 Å². The molecule has 2 N–H and O–H groups in total. The van der Waals surface area contributed by atoms with Gasteiger partial charge in [-0.05, 0) is 56.0 Å². The van der Waals surface area contributed by atoms with E-state index in [0.29, 0.717) is 0 Å². The number of rotatable bonds is 2. The number of nitrogens with zero attached hydrogens (tertiary/aromatic N) is 1. The van der Waals surface area contributed by atoms with E-state index < -0.39 is 0 Å². The molecule has 0 atom stereocenters. The Morgan fingerprint density at radius 2 is 1.79 bits per heavy atom. The van der Waals surface area contributed by atoms with Crippen LogP contribution >= 0.6 is 0 Å². The fourth-order valence-electron chi connectivity index (χ4n) is 4.03. The third-order valence-electron chi connectivity index (χ3n) is 5.46. The van der Waals surface area contributed by atoms with Crippen molar-refractivity contribution >= 4 is 11.5 Å². The Balaban J connectivity index is 1.70. The summed E-state index contributed by atoms with van der Waals surface area (Å²) in [6.07, 6.45) is 3.41. The van der Waals surface area contributed by atoms with Gasteiger partial charge in [0.25, 0.3) is 0 Å². The second-order valence-electron chi connectivity index (χ2n) is 7.09. The maximum Gasteiger partial charge on any atom is 0.108 e. The first kappa shape index (κ1) is 15.4. The molecule has 1 spiro atoms. The van der Waals surface area contributed by atoms with Crippen LogP contribution in [0.1, 0.15) is 29.5 Å². The molecule has 0 bridgehead atoms. The first-order valence-electron chi connectivity index (χ1n) is 8.92. The van der Waals surface area contributed by atoms with Crippen LogP contribution in [-0.2, 0) is 13.0 Å². The van der Waals surface area contributed by atoms with Gasteiger partial charge < -0.3 is 10.6 Å². The van der Waals surface area contributed by atoms with E-state index in [4.69, 9.17) is 4.99 Å². The van der Waals surface area contributed by atoms with Gasteiger partial charge in [0.2, 0.25) is 0 Å². The average Bonchev–Trinajstić information content (AvgIpc) is 2.62. The molecule has 0 radical (unpaired) electrons. The van der Waals surface area contributed by atoms with Crippen LogP contribution in [0, 0.1) is 12.3 Å². The largest absolute Gasteiger partial charge is 0.343 e. The number of aryl methyl sites for hydroxylation is 1. The molecule has 3 heteroatoms. The Labute approximate surface area is 144 Å². The molecule has 0 saturated carbocycles. The highest BCUT2D eigenvalue weighted by molar-refractivity contribution is 6.03.